The minimum absolute atomic E-state index is 0.742. The van der Waals surface area contributed by atoms with Crippen molar-refractivity contribution in [3.63, 3.8) is 0 Å². The Bertz CT molecular complexity index is 1160. The monoisotopic (exact) mass is 558 g/mol. The van der Waals surface area contributed by atoms with Crippen LogP contribution in [0.15, 0.2) is 48.5 Å². The summed E-state index contributed by atoms with van der Waals surface area (Å²) in [5.74, 6) is 2.35. The molecule has 222 valence electrons. The lowest BCUT2D eigenvalue weighted by Gasteiger charge is -2.40. The maximum atomic E-state index is 6.86. The van der Waals surface area contributed by atoms with Crippen LogP contribution in [0.4, 0.5) is 5.69 Å². The molecule has 0 bridgehead atoms. The normalized spacial score (nSPS) is 11.4. The van der Waals surface area contributed by atoms with Crippen LogP contribution in [-0.4, -0.2) is 27.0 Å². The van der Waals surface area contributed by atoms with Gasteiger partial charge in [-0.05, 0) is 119 Å². The predicted molar refractivity (Wildman–Crippen MR) is 177 cm³/mol. The summed E-state index contributed by atoms with van der Waals surface area (Å²) in [6.45, 7) is 22.9. The Morgan fingerprint density at radius 1 is 0.512 bits per heavy atom. The Morgan fingerprint density at radius 2 is 0.902 bits per heavy atom. The first-order valence-electron chi connectivity index (χ1n) is 15.7. The van der Waals surface area contributed by atoms with E-state index in [2.05, 4.69) is 86.6 Å². The van der Waals surface area contributed by atoms with Crippen LogP contribution in [0.2, 0.25) is 0 Å². The maximum absolute atomic E-state index is 6.86. The first-order chi connectivity index (χ1) is 19.6. The van der Waals surface area contributed by atoms with Gasteiger partial charge in [-0.2, -0.15) is 0 Å². The summed E-state index contributed by atoms with van der Waals surface area (Å²) < 4.78 is 20.8. The minimum atomic E-state index is -0.942. The third-order valence-electron chi connectivity index (χ3n) is 7.78. The van der Waals surface area contributed by atoms with Crippen LogP contribution in [0.1, 0.15) is 92.7 Å². The Balaban J connectivity index is 2.14. The second-order valence-electron chi connectivity index (χ2n) is 12.1. The molecule has 0 saturated carbocycles. The van der Waals surface area contributed by atoms with E-state index < -0.39 is 7.32 Å². The van der Waals surface area contributed by atoms with Gasteiger partial charge in [0.25, 0.3) is 0 Å². The van der Waals surface area contributed by atoms with E-state index in [1.165, 1.54) is 55.3 Å². The number of unbranched alkanes of at least 4 members (excludes halogenated alkanes) is 3. The number of nitrogens with zero attached hydrogens (tertiary/aromatic N) is 1. The fourth-order valence-electron chi connectivity index (χ4n) is 6.07. The topological polar surface area (TPSA) is 27.7 Å². The molecule has 0 aliphatic rings. The SMILES string of the molecule is CCCC[N+](CCCC)(CCCC)c1c(C)cc(C)cc1OB(Oc1cc(C)cc(C)c1)Oc1cc(C)cc(C)c1. The van der Waals surface area contributed by atoms with E-state index in [-0.39, 0.29) is 0 Å². The molecule has 4 nitrogen and oxygen atoms in total. The number of benzene rings is 3. The van der Waals surface area contributed by atoms with Crippen molar-refractivity contribution >= 4 is 13.0 Å². The van der Waals surface area contributed by atoms with Gasteiger partial charge in [0.1, 0.15) is 11.5 Å². The van der Waals surface area contributed by atoms with E-state index in [4.69, 9.17) is 14.0 Å². The minimum Gasteiger partial charge on any atom is -0.490 e. The van der Waals surface area contributed by atoms with E-state index in [1.807, 2.05) is 24.3 Å². The molecular weight excluding hydrogens is 505 g/mol. The van der Waals surface area contributed by atoms with Crippen molar-refractivity contribution in [2.24, 2.45) is 0 Å². The van der Waals surface area contributed by atoms with Crippen LogP contribution >= 0.6 is 0 Å². The summed E-state index contributed by atoms with van der Waals surface area (Å²) in [5, 5.41) is 0. The molecule has 3 aromatic carbocycles. The van der Waals surface area contributed by atoms with Gasteiger partial charge in [-0.25, -0.2) is 0 Å². The first-order valence-corrected chi connectivity index (χ1v) is 15.7. The average molecular weight is 559 g/mol. The van der Waals surface area contributed by atoms with Gasteiger partial charge in [-0.15, -0.1) is 0 Å². The quantitative estimate of drug-likeness (QED) is 0.129. The zero-order valence-corrected chi connectivity index (χ0v) is 27.2. The zero-order valence-electron chi connectivity index (χ0n) is 27.2. The molecule has 3 aromatic rings. The Hall–Kier alpha value is -2.92. The van der Waals surface area contributed by atoms with Crippen LogP contribution in [-0.2, 0) is 0 Å². The summed E-state index contributed by atoms with van der Waals surface area (Å²) in [6, 6.07) is 17.0. The third-order valence-corrected chi connectivity index (χ3v) is 7.78. The van der Waals surface area contributed by atoms with Crippen molar-refractivity contribution in [1.82, 2.24) is 4.48 Å². The van der Waals surface area contributed by atoms with Crippen LogP contribution in [0.3, 0.4) is 0 Å². The van der Waals surface area contributed by atoms with Crippen LogP contribution < -0.4 is 18.4 Å². The molecule has 0 aromatic heterocycles. The highest BCUT2D eigenvalue weighted by Gasteiger charge is 2.38. The van der Waals surface area contributed by atoms with Gasteiger partial charge < -0.3 is 14.0 Å². The summed E-state index contributed by atoms with van der Waals surface area (Å²) in [7, 11) is -0.942. The van der Waals surface area contributed by atoms with Crippen LogP contribution in [0, 0.1) is 41.5 Å². The smallest absolute Gasteiger partial charge is 0.490 e. The molecule has 41 heavy (non-hydrogen) atoms. The van der Waals surface area contributed by atoms with Crippen molar-refractivity contribution in [2.75, 3.05) is 19.6 Å². The molecular formula is C36H53BNO3+. The Morgan fingerprint density at radius 3 is 1.29 bits per heavy atom. The van der Waals surface area contributed by atoms with Gasteiger partial charge in [-0.3, -0.25) is 4.48 Å². The van der Waals surface area contributed by atoms with Crippen LogP contribution in [0.25, 0.3) is 0 Å². The zero-order chi connectivity index (χ0) is 30.0. The maximum Gasteiger partial charge on any atom is 0.864 e. The highest BCUT2D eigenvalue weighted by Crippen LogP contribution is 2.40. The average Bonchev–Trinajstić information content (AvgIpc) is 2.87. The molecule has 0 atom stereocenters. The van der Waals surface area contributed by atoms with Gasteiger partial charge in [0, 0.05) is 5.56 Å². The molecule has 0 unspecified atom stereocenters. The van der Waals surface area contributed by atoms with Gasteiger partial charge >= 0.3 is 7.32 Å². The lowest BCUT2D eigenvalue weighted by molar-refractivity contribution is 0.247. The van der Waals surface area contributed by atoms with E-state index >= 15 is 0 Å². The van der Waals surface area contributed by atoms with E-state index in [0.717, 1.165) is 63.6 Å². The van der Waals surface area contributed by atoms with Crippen molar-refractivity contribution in [2.45, 2.75) is 101 Å². The van der Waals surface area contributed by atoms with E-state index in [9.17, 15) is 0 Å². The number of hydrogen-bond acceptors (Lipinski definition) is 3. The Labute approximate surface area is 250 Å². The standard InChI is InChI=1S/C36H53BNO3/c1-10-13-16-38(17-14-11-2,18-15-12-3)36-32(9)21-31(8)26-35(36)41-37(39-33-22-27(4)19-28(5)23-33)40-34-24-29(6)20-30(7)25-34/h19-26H,10-18H2,1-9H3/q+1. The highest BCUT2D eigenvalue weighted by molar-refractivity contribution is 6.39. The second-order valence-corrected chi connectivity index (χ2v) is 12.1. The largest absolute Gasteiger partial charge is 0.864 e. The van der Waals surface area contributed by atoms with Gasteiger partial charge in [0.05, 0.1) is 19.6 Å². The fourth-order valence-corrected chi connectivity index (χ4v) is 6.07. The molecule has 0 N–H and O–H groups in total. The second kappa shape index (κ2) is 15.4. The first kappa shape index (κ1) is 32.6. The Kier molecular flexibility index (Phi) is 12.2. The molecule has 5 heteroatoms. The number of rotatable bonds is 16. The van der Waals surface area contributed by atoms with E-state index in [0.29, 0.717) is 0 Å². The van der Waals surface area contributed by atoms with Crippen LogP contribution in [0.5, 0.6) is 17.2 Å². The number of aryl methyl sites for hydroxylation is 6. The fraction of sp³-hybridized carbons (Fsp3) is 0.500. The molecule has 0 spiro atoms. The molecule has 0 fully saturated rings. The van der Waals surface area contributed by atoms with Crippen molar-refractivity contribution in [3.05, 3.63) is 81.9 Å². The van der Waals surface area contributed by atoms with Gasteiger partial charge in [0.15, 0.2) is 11.4 Å². The molecule has 0 saturated heterocycles. The third kappa shape index (κ3) is 9.29. The highest BCUT2D eigenvalue weighted by atomic mass is 16.7. The lowest BCUT2D eigenvalue weighted by Crippen LogP contribution is -2.52. The van der Waals surface area contributed by atoms with Gasteiger partial charge in [0.2, 0.25) is 0 Å². The molecule has 0 aliphatic heterocycles. The number of hydrogen-bond donors (Lipinski definition) is 0. The molecule has 0 amide bonds. The predicted octanol–water partition coefficient (Wildman–Crippen LogP) is 9.77. The molecule has 0 radical (unpaired) electrons. The lowest BCUT2D eigenvalue weighted by atomic mass is 10.0. The molecule has 0 heterocycles. The summed E-state index contributed by atoms with van der Waals surface area (Å²) in [6.07, 6.45) is 7.07. The van der Waals surface area contributed by atoms with E-state index in [1.54, 1.807) is 0 Å². The van der Waals surface area contributed by atoms with Crippen molar-refractivity contribution in [1.29, 1.82) is 0 Å². The summed E-state index contributed by atoms with van der Waals surface area (Å²) in [4.78, 5) is 0. The number of quaternary nitrogens is 1. The van der Waals surface area contributed by atoms with Gasteiger partial charge in [-0.1, -0.05) is 58.2 Å². The van der Waals surface area contributed by atoms with Crippen molar-refractivity contribution < 1.29 is 14.0 Å². The summed E-state index contributed by atoms with van der Waals surface area (Å²) in [5.41, 5.74) is 8.32. The molecule has 3 rings (SSSR count). The summed E-state index contributed by atoms with van der Waals surface area (Å²) >= 11 is 0. The molecule has 0 aliphatic carbocycles. The van der Waals surface area contributed by atoms with Crippen molar-refractivity contribution in [3.8, 4) is 17.2 Å².